The van der Waals surface area contributed by atoms with E-state index in [0.29, 0.717) is 0 Å². The molecule has 0 radical (unpaired) electrons. The molecule has 44 heteroatoms. The third kappa shape index (κ3) is 21.0. The summed E-state index contributed by atoms with van der Waals surface area (Å²) in [6, 6.07) is -1.18. The van der Waals surface area contributed by atoms with Gasteiger partial charge in [0.1, 0.15) is 176 Å². The van der Waals surface area contributed by atoms with E-state index in [4.69, 9.17) is 75.8 Å². The summed E-state index contributed by atoms with van der Waals surface area (Å²) in [7, 11) is 1.35. The summed E-state index contributed by atoms with van der Waals surface area (Å²) in [5.74, 6) is -6.08. The van der Waals surface area contributed by atoms with Crippen LogP contribution in [0.15, 0.2) is 0 Å². The number of Topliss-reactive ketones (excluding diaryl/α,β-unsaturated/α-hetero) is 2. The largest absolute Gasteiger partial charge is 0.481 e. The number of thioether (sulfide) groups is 2. The van der Waals surface area contributed by atoms with E-state index in [2.05, 4.69) is 5.32 Å². The second-order valence-corrected chi connectivity index (χ2v) is 27.9. The van der Waals surface area contributed by atoms with Crippen molar-refractivity contribution in [3.05, 3.63) is 0 Å². The van der Waals surface area contributed by atoms with Crippen LogP contribution in [0.4, 0.5) is 0 Å². The molecule has 103 heavy (non-hydrogen) atoms. The Morgan fingerprint density at radius 1 is 0.350 bits per heavy atom. The van der Waals surface area contributed by atoms with Crippen molar-refractivity contribution in [3.63, 3.8) is 0 Å². The first-order valence-electron chi connectivity index (χ1n) is 33.2. The van der Waals surface area contributed by atoms with Crippen LogP contribution in [0.3, 0.4) is 0 Å². The molecule has 22 N–H and O–H groups in total. The molecule has 0 aromatic heterocycles. The molecule has 21 aliphatic heterocycles. The van der Waals surface area contributed by atoms with E-state index >= 15 is 0 Å². The number of carboxylic acids is 2. The Hall–Kier alpha value is -2.46. The van der Waals surface area contributed by atoms with Crippen molar-refractivity contribution in [1.29, 1.82) is 0 Å². The number of ketones is 2. The van der Waals surface area contributed by atoms with E-state index in [1.54, 1.807) is 0 Å². The lowest BCUT2D eigenvalue weighted by molar-refractivity contribution is -0.395. The Morgan fingerprint density at radius 3 is 0.845 bits per heavy atom. The van der Waals surface area contributed by atoms with Gasteiger partial charge in [0.25, 0.3) is 0 Å². The Bertz CT molecular complexity index is 2610. The standard InChI is InChI=1S/C59H97NO41S2/c1-19(66)3-5-86-7-8-87-6-4-21(67)9-20(51(82)83)15-102-17-28-49-35(73)42(80)58(93-28)98-47-26(13-64)89-55(38(76)31(47)69)97-46-25(12-63)92-57(41(79)34(46)72)101-50-29(18-103-16-22(60-2)52(84)85)94-59(43(81)36(50)74)99-48-27(14-65)90-54(39(77)32(48)70)95-44-23(10-61)88-53(37(75)30(44)68)96-45-24(11-62)91-56(100-49)40(78)33(45)71/h20,22-50,53-65,68-81H,3-18H2,1-2H3,(H,82,83)(H,84,85)/t20?,22-,23?,24?,25?,26?,27?,28?,29?,30-,31-,32-,33-,34-,35-,36-,37?,38+,39?,40?,41?,42?,43?,44-,45-,46-,47-,48-,49-,50-,53-,54-,55?,56-,57+,58-,59+/m1/s1. The Balaban J connectivity index is 1.08. The van der Waals surface area contributed by atoms with E-state index in [1.165, 1.54) is 14.0 Å². The molecule has 0 amide bonds. The Kier molecular flexibility index (Phi) is 33.4. The molecule has 0 aliphatic carbocycles. The second kappa shape index (κ2) is 40.0. The molecule has 21 aliphatic rings. The molecule has 21 saturated heterocycles. The van der Waals surface area contributed by atoms with Gasteiger partial charge in [-0.1, -0.05) is 0 Å². The van der Waals surface area contributed by atoms with Crippen LogP contribution >= 0.6 is 23.5 Å². The number of carboxylic acid groups (broad SMARTS) is 2. The van der Waals surface area contributed by atoms with Gasteiger partial charge in [-0.15, -0.1) is 0 Å². The maximum Gasteiger partial charge on any atom is 0.321 e. The minimum atomic E-state index is -2.31. The van der Waals surface area contributed by atoms with Crippen LogP contribution in [0.2, 0.25) is 0 Å². The molecule has 42 nitrogen and oxygen atoms in total. The fourth-order valence-corrected chi connectivity index (χ4v) is 15.0. The summed E-state index contributed by atoms with van der Waals surface area (Å²) in [5, 5.41) is 239. The molecular weight excluding hydrogens is 1440 g/mol. The minimum Gasteiger partial charge on any atom is -0.481 e. The molecule has 0 aromatic carbocycles. The van der Waals surface area contributed by atoms with Crippen LogP contribution in [0.1, 0.15) is 26.2 Å². The molecule has 0 saturated carbocycles. The maximum absolute atomic E-state index is 13.0. The number of ether oxygens (including phenoxy) is 16. The van der Waals surface area contributed by atoms with Gasteiger partial charge < -0.3 is 188 Å². The summed E-state index contributed by atoms with van der Waals surface area (Å²) in [6.45, 7) is -3.91. The Morgan fingerprint density at radius 2 is 0.602 bits per heavy atom. The third-order valence-electron chi connectivity index (χ3n) is 18.6. The zero-order chi connectivity index (χ0) is 75.4. The van der Waals surface area contributed by atoms with Crippen molar-refractivity contribution in [2.75, 3.05) is 89.5 Å². The average molecular weight is 1540 g/mol. The number of likely N-dealkylation sites (N-methyl/N-ethyl adjacent to an activating group) is 1. The predicted molar refractivity (Wildman–Crippen MR) is 332 cm³/mol. The van der Waals surface area contributed by atoms with Gasteiger partial charge in [0.15, 0.2) is 44.0 Å². The van der Waals surface area contributed by atoms with Crippen molar-refractivity contribution >= 4 is 47.0 Å². The van der Waals surface area contributed by atoms with E-state index < -0.39 is 290 Å². The summed E-state index contributed by atoms with van der Waals surface area (Å²) in [5.41, 5.74) is 0. The number of carbonyl (C=O) groups is 4. The highest BCUT2D eigenvalue weighted by atomic mass is 32.2. The number of hydrogen-bond acceptors (Lipinski definition) is 42. The van der Waals surface area contributed by atoms with E-state index in [9.17, 15) is 126 Å². The summed E-state index contributed by atoms with van der Waals surface area (Å²) >= 11 is 1.66. The van der Waals surface area contributed by atoms with Crippen LogP contribution < -0.4 is 5.32 Å². The van der Waals surface area contributed by atoms with Crippen molar-refractivity contribution in [2.45, 2.75) is 247 Å². The number of aliphatic hydroxyl groups is 19. The van der Waals surface area contributed by atoms with Gasteiger partial charge in [0.2, 0.25) is 0 Å². The molecule has 15 unspecified atom stereocenters. The molecule has 21 fully saturated rings. The number of hydrogen-bond donors (Lipinski definition) is 22. The maximum atomic E-state index is 13.0. The van der Waals surface area contributed by atoms with Gasteiger partial charge in [-0.25, -0.2) is 0 Å². The fourth-order valence-electron chi connectivity index (χ4n) is 12.6. The van der Waals surface area contributed by atoms with Gasteiger partial charge in [0.05, 0.1) is 77.6 Å². The van der Waals surface area contributed by atoms with E-state index in [1.807, 2.05) is 0 Å². The second-order valence-electron chi connectivity index (χ2n) is 25.7. The monoisotopic (exact) mass is 1540 g/mol. The molecule has 21 heterocycles. The lowest BCUT2D eigenvalue weighted by Crippen LogP contribution is -2.68. The smallest absolute Gasteiger partial charge is 0.321 e. The van der Waals surface area contributed by atoms with Gasteiger partial charge in [-0.2, -0.15) is 23.5 Å². The van der Waals surface area contributed by atoms with Crippen LogP contribution in [-0.4, -0.2) is 441 Å². The first kappa shape index (κ1) is 86.1. The molecule has 37 atom stereocenters. The normalized spacial score (nSPS) is 44.9. The van der Waals surface area contributed by atoms with Gasteiger partial charge in [-0.05, 0) is 14.0 Å². The number of rotatable bonds is 27. The molecule has 14 bridgehead atoms. The molecule has 21 rings (SSSR count). The number of aliphatic hydroxyl groups excluding tert-OH is 19. The topological polar surface area (TPSA) is 653 Å². The molecule has 0 spiro atoms. The van der Waals surface area contributed by atoms with Crippen LogP contribution in [0.25, 0.3) is 0 Å². The van der Waals surface area contributed by atoms with Gasteiger partial charge in [0, 0.05) is 42.3 Å². The summed E-state index contributed by atoms with van der Waals surface area (Å²) in [6.07, 6.45) is -73.1. The van der Waals surface area contributed by atoms with E-state index in [0.717, 1.165) is 23.5 Å². The lowest BCUT2D eigenvalue weighted by Gasteiger charge is -2.50. The number of nitrogens with one attached hydrogen (secondary N) is 1. The highest BCUT2D eigenvalue weighted by Crippen LogP contribution is 2.40. The van der Waals surface area contributed by atoms with Crippen LogP contribution in [0.5, 0.6) is 0 Å². The van der Waals surface area contributed by atoms with Crippen LogP contribution in [0, 0.1) is 5.92 Å². The quantitative estimate of drug-likeness (QED) is 0.0340. The third-order valence-corrected chi connectivity index (χ3v) is 20.9. The zero-order valence-corrected chi connectivity index (χ0v) is 57.2. The van der Waals surface area contributed by atoms with Gasteiger partial charge in [-0.3, -0.25) is 19.2 Å². The SMILES string of the molecule is CN[C@H](CSCC1O[C@H]2O[C@@H]3C(CO)O[C@H](O[C@@H]4C(CO)O[C@H](O[C@@H]5C(CO)O[C@H](O[C@@H]6C(CSCC(CC(=O)CCOCCOCCC(C)=O)C(=O)O)O[C@H](O[C@@H]7C(CO)OC(O[C@@H]8C(CO)O[C@@H](O[C@H]1[C@H](O)C2O)C(O)[C@H]8O)[C@@H](O)[C@H]7O)C(O)[C@H]6O)C(O)[C@H]5O)C(O)[C@H]4O)C(O)[C@H]3O)C(=O)O. The first-order chi connectivity index (χ1) is 49.0. The van der Waals surface area contributed by atoms with Crippen molar-refractivity contribution in [3.8, 4) is 0 Å². The van der Waals surface area contributed by atoms with Crippen LogP contribution in [-0.2, 0) is 95.0 Å². The van der Waals surface area contributed by atoms with Gasteiger partial charge >= 0.3 is 11.9 Å². The lowest BCUT2D eigenvalue weighted by atomic mass is 9.95. The highest BCUT2D eigenvalue weighted by molar-refractivity contribution is 7.99. The first-order valence-corrected chi connectivity index (χ1v) is 35.5. The average Bonchev–Trinajstić information content (AvgIpc) is 0.785. The number of carbonyl (C=O) groups excluding carboxylic acids is 2. The molecule has 0 aromatic rings. The Labute approximate surface area is 595 Å². The molecular formula is C59H97NO41S2. The minimum absolute atomic E-state index is 0.0645. The summed E-state index contributed by atoms with van der Waals surface area (Å²) in [4.78, 5) is 48.7. The highest BCUT2D eigenvalue weighted by Gasteiger charge is 2.60. The van der Waals surface area contributed by atoms with Crippen molar-refractivity contribution in [2.24, 2.45) is 5.92 Å². The fraction of sp³-hybridized carbons (Fsp3) is 0.932. The molecule has 596 valence electrons. The van der Waals surface area contributed by atoms with Crippen molar-refractivity contribution < 1.29 is 202 Å². The van der Waals surface area contributed by atoms with Crippen molar-refractivity contribution in [1.82, 2.24) is 5.32 Å². The summed E-state index contributed by atoms with van der Waals surface area (Å²) < 4.78 is 93.3. The number of aliphatic carboxylic acids is 2. The van der Waals surface area contributed by atoms with E-state index in [-0.39, 0.29) is 62.3 Å². The predicted octanol–water partition coefficient (Wildman–Crippen LogP) is -13.0. The zero-order valence-electron chi connectivity index (χ0n) is 55.5.